The maximum atomic E-state index is 9.77. The minimum absolute atomic E-state index is 0.151. The Labute approximate surface area is 113 Å². The van der Waals surface area contributed by atoms with E-state index in [2.05, 4.69) is 18.0 Å². The minimum Gasteiger partial charge on any atom is -0.491 e. The van der Waals surface area contributed by atoms with E-state index >= 15 is 0 Å². The average Bonchev–Trinajstić information content (AvgIpc) is 2.78. The first-order valence-electron chi connectivity index (χ1n) is 6.96. The number of nitrogens with zero attached hydrogens (tertiary/aromatic N) is 1. The first kappa shape index (κ1) is 12.9. The second-order valence-corrected chi connectivity index (χ2v) is 5.48. The third kappa shape index (κ3) is 2.91. The van der Waals surface area contributed by atoms with Crippen LogP contribution in [-0.4, -0.2) is 49.5 Å². The Balaban J connectivity index is 1.58. The predicted octanol–water partition coefficient (Wildman–Crippen LogP) is 1.38. The van der Waals surface area contributed by atoms with Gasteiger partial charge in [-0.15, -0.1) is 0 Å². The number of aliphatic hydroxyl groups is 1. The summed E-state index contributed by atoms with van der Waals surface area (Å²) in [7, 11) is 2.10. The monoisotopic (exact) mass is 263 g/mol. The molecule has 0 saturated carbocycles. The van der Waals surface area contributed by atoms with Gasteiger partial charge in [0.25, 0.3) is 0 Å². The van der Waals surface area contributed by atoms with Gasteiger partial charge in [0.05, 0.1) is 12.7 Å². The van der Waals surface area contributed by atoms with Crippen molar-refractivity contribution in [1.29, 1.82) is 0 Å². The van der Waals surface area contributed by atoms with E-state index in [0.717, 1.165) is 43.9 Å². The van der Waals surface area contributed by atoms with E-state index in [9.17, 15) is 5.11 Å². The molecule has 0 amide bonds. The standard InChI is InChI=1S/C15H21NO3/c1-16-6-7-18-13(9-16)10-19-12-3-4-14-11(8-12)2-5-15(14)17/h3-4,8,13,15,17H,2,5-7,9-10H2,1H3. The van der Waals surface area contributed by atoms with Gasteiger partial charge in [-0.25, -0.2) is 0 Å². The van der Waals surface area contributed by atoms with Crippen LogP contribution in [0.2, 0.25) is 0 Å². The summed E-state index contributed by atoms with van der Waals surface area (Å²) in [6, 6.07) is 5.98. The summed E-state index contributed by atoms with van der Waals surface area (Å²) in [6.07, 6.45) is 1.63. The zero-order chi connectivity index (χ0) is 13.2. The molecule has 1 aromatic carbocycles. The zero-order valence-corrected chi connectivity index (χ0v) is 11.3. The van der Waals surface area contributed by atoms with E-state index in [1.54, 1.807) is 0 Å². The molecular weight excluding hydrogens is 242 g/mol. The van der Waals surface area contributed by atoms with Crippen LogP contribution >= 0.6 is 0 Å². The number of ether oxygens (including phenoxy) is 2. The van der Waals surface area contributed by atoms with Crippen LogP contribution in [0.5, 0.6) is 5.75 Å². The number of hydrogen-bond donors (Lipinski definition) is 1. The summed E-state index contributed by atoms with van der Waals surface area (Å²) in [5.74, 6) is 0.879. The third-order valence-corrected chi connectivity index (χ3v) is 3.94. The fourth-order valence-electron chi connectivity index (χ4n) is 2.82. The van der Waals surface area contributed by atoms with Gasteiger partial charge >= 0.3 is 0 Å². The van der Waals surface area contributed by atoms with Crippen LogP contribution in [0.4, 0.5) is 0 Å². The van der Waals surface area contributed by atoms with Gasteiger partial charge in [0, 0.05) is 13.1 Å². The number of fused-ring (bicyclic) bond motifs is 1. The number of aryl methyl sites for hydroxylation is 1. The highest BCUT2D eigenvalue weighted by Crippen LogP contribution is 2.33. The molecule has 0 aromatic heterocycles. The molecule has 1 fully saturated rings. The summed E-state index contributed by atoms with van der Waals surface area (Å²) in [4.78, 5) is 2.26. The number of aliphatic hydroxyl groups excluding tert-OH is 1. The highest BCUT2D eigenvalue weighted by molar-refractivity contribution is 5.39. The van der Waals surface area contributed by atoms with Gasteiger partial charge in [-0.2, -0.15) is 0 Å². The first-order valence-corrected chi connectivity index (χ1v) is 6.96. The molecule has 1 saturated heterocycles. The molecule has 1 aromatic rings. The smallest absolute Gasteiger partial charge is 0.119 e. The second kappa shape index (κ2) is 5.49. The van der Waals surface area contributed by atoms with Gasteiger partial charge in [-0.05, 0) is 43.1 Å². The Morgan fingerprint density at radius 2 is 2.37 bits per heavy atom. The Kier molecular flexibility index (Phi) is 3.73. The van der Waals surface area contributed by atoms with Gasteiger partial charge in [0.2, 0.25) is 0 Å². The van der Waals surface area contributed by atoms with E-state index in [1.165, 1.54) is 5.56 Å². The van der Waals surface area contributed by atoms with E-state index in [0.29, 0.717) is 6.61 Å². The van der Waals surface area contributed by atoms with Crippen molar-refractivity contribution in [2.75, 3.05) is 33.4 Å². The second-order valence-electron chi connectivity index (χ2n) is 5.48. The maximum Gasteiger partial charge on any atom is 0.119 e. The fourth-order valence-corrected chi connectivity index (χ4v) is 2.82. The molecule has 0 spiro atoms. The fraction of sp³-hybridized carbons (Fsp3) is 0.600. The van der Waals surface area contributed by atoms with Crippen molar-refractivity contribution in [3.05, 3.63) is 29.3 Å². The summed E-state index contributed by atoms with van der Waals surface area (Å²) < 4.78 is 11.5. The lowest BCUT2D eigenvalue weighted by molar-refractivity contribution is -0.0403. The van der Waals surface area contributed by atoms with Crippen molar-refractivity contribution in [2.24, 2.45) is 0 Å². The number of hydrogen-bond acceptors (Lipinski definition) is 4. The average molecular weight is 263 g/mol. The van der Waals surface area contributed by atoms with Crippen molar-refractivity contribution in [3.8, 4) is 5.75 Å². The van der Waals surface area contributed by atoms with Crippen molar-refractivity contribution >= 4 is 0 Å². The van der Waals surface area contributed by atoms with Gasteiger partial charge < -0.3 is 19.5 Å². The molecule has 4 heteroatoms. The summed E-state index contributed by atoms with van der Waals surface area (Å²) in [5, 5.41) is 9.77. The molecule has 0 bridgehead atoms. The highest BCUT2D eigenvalue weighted by atomic mass is 16.5. The van der Waals surface area contributed by atoms with Crippen LogP contribution in [0.25, 0.3) is 0 Å². The Morgan fingerprint density at radius 1 is 1.47 bits per heavy atom. The number of likely N-dealkylation sites (N-methyl/N-ethyl adjacent to an activating group) is 1. The van der Waals surface area contributed by atoms with Crippen LogP contribution in [-0.2, 0) is 11.2 Å². The topological polar surface area (TPSA) is 41.9 Å². The third-order valence-electron chi connectivity index (χ3n) is 3.94. The number of rotatable bonds is 3. The normalized spacial score (nSPS) is 27.3. The summed E-state index contributed by atoms with van der Waals surface area (Å²) >= 11 is 0. The Bertz CT molecular complexity index is 449. The van der Waals surface area contributed by atoms with Crippen LogP contribution < -0.4 is 4.74 Å². The molecule has 19 heavy (non-hydrogen) atoms. The summed E-state index contributed by atoms with van der Waals surface area (Å²) in [6.45, 7) is 3.28. The summed E-state index contributed by atoms with van der Waals surface area (Å²) in [5.41, 5.74) is 2.27. The molecule has 2 atom stereocenters. The molecule has 3 rings (SSSR count). The first-order chi connectivity index (χ1) is 9.22. The maximum absolute atomic E-state index is 9.77. The Hall–Kier alpha value is -1.10. The molecule has 1 heterocycles. The van der Waals surface area contributed by atoms with Crippen LogP contribution in [0.3, 0.4) is 0 Å². The van der Waals surface area contributed by atoms with Crippen molar-refractivity contribution in [2.45, 2.75) is 25.0 Å². The zero-order valence-electron chi connectivity index (χ0n) is 11.3. The highest BCUT2D eigenvalue weighted by Gasteiger charge is 2.21. The van der Waals surface area contributed by atoms with E-state index in [1.807, 2.05) is 12.1 Å². The van der Waals surface area contributed by atoms with Gasteiger partial charge in [0.15, 0.2) is 0 Å². The quantitative estimate of drug-likeness (QED) is 0.894. The molecule has 104 valence electrons. The van der Waals surface area contributed by atoms with E-state index in [-0.39, 0.29) is 12.2 Å². The van der Waals surface area contributed by atoms with E-state index in [4.69, 9.17) is 9.47 Å². The molecule has 2 unspecified atom stereocenters. The SMILES string of the molecule is CN1CCOC(COc2ccc3c(c2)CCC3O)C1. The molecule has 0 radical (unpaired) electrons. The van der Waals surface area contributed by atoms with Gasteiger partial charge in [0.1, 0.15) is 18.5 Å². The van der Waals surface area contributed by atoms with Crippen molar-refractivity contribution in [3.63, 3.8) is 0 Å². The van der Waals surface area contributed by atoms with Crippen molar-refractivity contribution in [1.82, 2.24) is 4.90 Å². The lowest BCUT2D eigenvalue weighted by Gasteiger charge is -2.29. The molecule has 1 N–H and O–H groups in total. The van der Waals surface area contributed by atoms with Crippen LogP contribution in [0, 0.1) is 0 Å². The molecule has 1 aliphatic heterocycles. The lowest BCUT2D eigenvalue weighted by Crippen LogP contribution is -2.42. The predicted molar refractivity (Wildman–Crippen MR) is 72.5 cm³/mol. The lowest BCUT2D eigenvalue weighted by atomic mass is 10.1. The molecular formula is C15H21NO3. The number of morpholine rings is 1. The molecule has 1 aliphatic carbocycles. The van der Waals surface area contributed by atoms with Crippen molar-refractivity contribution < 1.29 is 14.6 Å². The van der Waals surface area contributed by atoms with Crippen LogP contribution in [0.1, 0.15) is 23.7 Å². The molecule has 4 nitrogen and oxygen atoms in total. The largest absolute Gasteiger partial charge is 0.491 e. The Morgan fingerprint density at radius 3 is 3.21 bits per heavy atom. The molecule has 2 aliphatic rings. The minimum atomic E-state index is -0.292. The van der Waals surface area contributed by atoms with Gasteiger partial charge in [-0.3, -0.25) is 0 Å². The van der Waals surface area contributed by atoms with E-state index < -0.39 is 0 Å². The van der Waals surface area contributed by atoms with Gasteiger partial charge in [-0.1, -0.05) is 6.07 Å². The number of benzene rings is 1. The van der Waals surface area contributed by atoms with Crippen LogP contribution in [0.15, 0.2) is 18.2 Å².